The number of carbonyl (C=O) groups is 1. The van der Waals surface area contributed by atoms with Crippen LogP contribution in [0.5, 0.6) is 11.5 Å². The van der Waals surface area contributed by atoms with E-state index in [1.807, 2.05) is 30.3 Å². The van der Waals surface area contributed by atoms with Gasteiger partial charge in [0, 0.05) is 16.8 Å². The molecule has 2 heterocycles. The molecule has 1 aromatic heterocycles. The molecule has 35 heavy (non-hydrogen) atoms. The van der Waals surface area contributed by atoms with Gasteiger partial charge in [0.05, 0.1) is 31.5 Å². The van der Waals surface area contributed by atoms with Crippen molar-refractivity contribution in [1.29, 1.82) is 0 Å². The zero-order valence-corrected chi connectivity index (χ0v) is 18.8. The van der Waals surface area contributed by atoms with E-state index < -0.39 is 23.7 Å². The van der Waals surface area contributed by atoms with E-state index in [2.05, 4.69) is 10.2 Å². The highest BCUT2D eigenvalue weighted by molar-refractivity contribution is 6.11. The highest BCUT2D eigenvalue weighted by Crippen LogP contribution is 2.47. The van der Waals surface area contributed by atoms with Crippen LogP contribution < -0.4 is 14.4 Å². The number of halogens is 3. The molecular weight excluding hydrogens is 459 g/mol. The zero-order chi connectivity index (χ0) is 24.7. The molecule has 1 atom stereocenters. The first-order chi connectivity index (χ1) is 16.8. The lowest BCUT2D eigenvalue weighted by Gasteiger charge is -2.27. The van der Waals surface area contributed by atoms with Gasteiger partial charge >= 0.3 is 6.18 Å². The Hall–Kier alpha value is -4.27. The number of ether oxygens (including phenoxy) is 2. The van der Waals surface area contributed by atoms with Crippen LogP contribution in [-0.2, 0) is 6.18 Å². The van der Waals surface area contributed by atoms with Gasteiger partial charge in [-0.25, -0.2) is 0 Å². The number of alkyl halides is 3. The number of methoxy groups -OCH3 is 2. The fourth-order valence-corrected chi connectivity index (χ4v) is 4.40. The molecule has 9 heteroatoms. The molecule has 0 radical (unpaired) electrons. The van der Waals surface area contributed by atoms with Crippen molar-refractivity contribution in [3.63, 3.8) is 0 Å². The van der Waals surface area contributed by atoms with Gasteiger partial charge in [-0.2, -0.15) is 18.3 Å². The SMILES string of the molecule is COc1ccc([C@H]2c3c(-c4ccccc4)n[nH]c3C(=O)N2c2cccc(C(F)(F)F)c2)cc1OC. The summed E-state index contributed by atoms with van der Waals surface area (Å²) in [4.78, 5) is 14.9. The van der Waals surface area contributed by atoms with E-state index in [4.69, 9.17) is 9.47 Å². The number of H-pyrrole nitrogens is 1. The summed E-state index contributed by atoms with van der Waals surface area (Å²) in [6.07, 6.45) is -4.55. The van der Waals surface area contributed by atoms with Gasteiger partial charge in [-0.3, -0.25) is 14.8 Å². The third-order valence-corrected chi connectivity index (χ3v) is 5.99. The third kappa shape index (κ3) is 3.78. The number of nitrogens with zero attached hydrogens (tertiary/aromatic N) is 2. The molecule has 0 bridgehead atoms. The van der Waals surface area contributed by atoms with Gasteiger partial charge in [0.15, 0.2) is 11.5 Å². The Kier molecular flexibility index (Phi) is 5.47. The number of aromatic nitrogens is 2. The molecule has 3 aromatic carbocycles. The Morgan fingerprint density at radius 1 is 0.914 bits per heavy atom. The topological polar surface area (TPSA) is 67.5 Å². The molecule has 0 unspecified atom stereocenters. The highest BCUT2D eigenvalue weighted by Gasteiger charge is 2.44. The molecule has 178 valence electrons. The van der Waals surface area contributed by atoms with Crippen molar-refractivity contribution in [3.8, 4) is 22.8 Å². The fourth-order valence-electron chi connectivity index (χ4n) is 4.40. The zero-order valence-electron chi connectivity index (χ0n) is 18.8. The van der Waals surface area contributed by atoms with Gasteiger partial charge in [-0.15, -0.1) is 0 Å². The van der Waals surface area contributed by atoms with Crippen LogP contribution in [0, 0.1) is 0 Å². The monoisotopic (exact) mass is 479 g/mol. The van der Waals surface area contributed by atoms with Crippen LogP contribution in [0.15, 0.2) is 72.8 Å². The number of fused-ring (bicyclic) bond motifs is 1. The maximum absolute atomic E-state index is 13.6. The van der Waals surface area contributed by atoms with Crippen LogP contribution in [-0.4, -0.2) is 30.3 Å². The van der Waals surface area contributed by atoms with Crippen molar-refractivity contribution < 1.29 is 27.4 Å². The molecule has 0 aliphatic carbocycles. The van der Waals surface area contributed by atoms with Crippen LogP contribution in [0.25, 0.3) is 11.3 Å². The lowest BCUT2D eigenvalue weighted by molar-refractivity contribution is -0.137. The number of benzene rings is 3. The van der Waals surface area contributed by atoms with Crippen molar-refractivity contribution >= 4 is 11.6 Å². The summed E-state index contributed by atoms with van der Waals surface area (Å²) < 4.78 is 51.3. The average molecular weight is 479 g/mol. The molecule has 0 saturated carbocycles. The van der Waals surface area contributed by atoms with Crippen molar-refractivity contribution in [1.82, 2.24) is 10.2 Å². The number of rotatable bonds is 5. The molecule has 6 nitrogen and oxygen atoms in total. The fraction of sp³-hybridized carbons (Fsp3) is 0.154. The molecule has 0 spiro atoms. The summed E-state index contributed by atoms with van der Waals surface area (Å²) in [5.74, 6) is 0.440. The number of hydrogen-bond acceptors (Lipinski definition) is 4. The smallest absolute Gasteiger partial charge is 0.416 e. The second-order valence-corrected chi connectivity index (χ2v) is 7.97. The third-order valence-electron chi connectivity index (χ3n) is 5.99. The second-order valence-electron chi connectivity index (χ2n) is 7.97. The lowest BCUT2D eigenvalue weighted by Crippen LogP contribution is -2.29. The summed E-state index contributed by atoms with van der Waals surface area (Å²) in [6.45, 7) is 0. The Balaban J connectivity index is 1.73. The molecule has 0 saturated heterocycles. The molecule has 5 rings (SSSR count). The average Bonchev–Trinajstić information content (AvgIpc) is 3.42. The predicted octanol–water partition coefficient (Wildman–Crippen LogP) is 5.86. The Morgan fingerprint density at radius 2 is 1.66 bits per heavy atom. The molecule has 4 aromatic rings. The van der Waals surface area contributed by atoms with Gasteiger partial charge in [0.25, 0.3) is 5.91 Å². The van der Waals surface area contributed by atoms with Crippen molar-refractivity contribution in [2.24, 2.45) is 0 Å². The van der Waals surface area contributed by atoms with Crippen molar-refractivity contribution in [3.05, 3.63) is 95.2 Å². The minimum atomic E-state index is -4.55. The first kappa shape index (κ1) is 22.5. The largest absolute Gasteiger partial charge is 0.493 e. The molecule has 0 fully saturated rings. The van der Waals surface area contributed by atoms with Crippen LogP contribution in [0.1, 0.15) is 33.2 Å². The Bertz CT molecular complexity index is 1400. The number of nitrogens with one attached hydrogen (secondary N) is 1. The van der Waals surface area contributed by atoms with Gasteiger partial charge in [0.1, 0.15) is 5.69 Å². The summed E-state index contributed by atoms with van der Waals surface area (Å²) in [6, 6.07) is 18.4. The number of amides is 1. The van der Waals surface area contributed by atoms with E-state index >= 15 is 0 Å². The van der Waals surface area contributed by atoms with Crippen LogP contribution in [0.3, 0.4) is 0 Å². The first-order valence-electron chi connectivity index (χ1n) is 10.7. The maximum Gasteiger partial charge on any atom is 0.416 e. The van der Waals surface area contributed by atoms with E-state index in [0.717, 1.165) is 17.7 Å². The van der Waals surface area contributed by atoms with Gasteiger partial charge in [-0.1, -0.05) is 42.5 Å². The van der Waals surface area contributed by atoms with Gasteiger partial charge in [0.2, 0.25) is 0 Å². The molecule has 1 N–H and O–H groups in total. The number of aromatic amines is 1. The summed E-state index contributed by atoms with van der Waals surface area (Å²) >= 11 is 0. The first-order valence-corrected chi connectivity index (χ1v) is 10.7. The molecule has 1 amide bonds. The summed E-state index contributed by atoms with van der Waals surface area (Å²) in [5.41, 5.74) is 2.02. The summed E-state index contributed by atoms with van der Waals surface area (Å²) in [7, 11) is 3.00. The van der Waals surface area contributed by atoms with Gasteiger partial charge in [-0.05, 0) is 35.9 Å². The van der Waals surface area contributed by atoms with Crippen molar-refractivity contribution in [2.45, 2.75) is 12.2 Å². The molecule has 1 aliphatic rings. The minimum Gasteiger partial charge on any atom is -0.493 e. The van der Waals surface area contributed by atoms with E-state index in [-0.39, 0.29) is 11.4 Å². The lowest BCUT2D eigenvalue weighted by atomic mass is 9.95. The quantitative estimate of drug-likeness (QED) is 0.389. The molecular formula is C26H20F3N3O3. The molecule has 1 aliphatic heterocycles. The maximum atomic E-state index is 13.6. The van der Waals surface area contributed by atoms with E-state index in [1.54, 1.807) is 18.2 Å². The summed E-state index contributed by atoms with van der Waals surface area (Å²) in [5, 5.41) is 7.20. The number of hydrogen-bond donors (Lipinski definition) is 1. The Labute approximate surface area is 198 Å². The normalized spacial score (nSPS) is 15.3. The van der Waals surface area contributed by atoms with Crippen molar-refractivity contribution in [2.75, 3.05) is 19.1 Å². The standard InChI is InChI=1S/C26H20F3N3O3/c1-34-19-12-11-16(13-20(19)35-2)24-21-22(15-7-4-3-5-8-15)30-31-23(21)25(33)32(24)18-10-6-9-17(14-18)26(27,28)29/h3-14,24H,1-2H3,(H,30,31)/t24-/m0/s1. The van der Waals surface area contributed by atoms with Crippen LogP contribution in [0.4, 0.5) is 18.9 Å². The Morgan fingerprint density at radius 3 is 2.34 bits per heavy atom. The predicted molar refractivity (Wildman–Crippen MR) is 124 cm³/mol. The minimum absolute atomic E-state index is 0.119. The van der Waals surface area contributed by atoms with Crippen LogP contribution >= 0.6 is 0 Å². The number of anilines is 1. The van der Waals surface area contributed by atoms with Gasteiger partial charge < -0.3 is 9.47 Å². The van der Waals surface area contributed by atoms with E-state index in [1.165, 1.54) is 31.3 Å². The second kappa shape index (κ2) is 8.50. The van der Waals surface area contributed by atoms with E-state index in [9.17, 15) is 18.0 Å². The highest BCUT2D eigenvalue weighted by atomic mass is 19.4. The number of carbonyl (C=O) groups excluding carboxylic acids is 1. The van der Waals surface area contributed by atoms with Crippen LogP contribution in [0.2, 0.25) is 0 Å². The van der Waals surface area contributed by atoms with E-state index in [0.29, 0.717) is 28.3 Å².